The van der Waals surface area contributed by atoms with Crippen molar-refractivity contribution in [1.29, 1.82) is 0 Å². The van der Waals surface area contributed by atoms with Crippen molar-refractivity contribution >= 4 is 27.9 Å². The van der Waals surface area contributed by atoms with Crippen LogP contribution in [0, 0.1) is 11.7 Å². The number of nitrogens with zero attached hydrogens (tertiary/aromatic N) is 1. The monoisotopic (exact) mass is 429 g/mol. The van der Waals surface area contributed by atoms with E-state index in [4.69, 9.17) is 4.74 Å². The first-order chi connectivity index (χ1) is 13.6. The Labute approximate surface area is 168 Å². The molecule has 0 radical (unpaired) electrons. The fourth-order valence-corrected chi connectivity index (χ4v) is 4.30. The number of carbonyl (C=O) groups excluding carboxylic acids is 3. The van der Waals surface area contributed by atoms with Crippen LogP contribution in [0.1, 0.15) is 26.7 Å². The molecule has 9 nitrogen and oxygen atoms in total. The zero-order valence-electron chi connectivity index (χ0n) is 16.2. The number of imide groups is 1. The second kappa shape index (κ2) is 9.79. The van der Waals surface area contributed by atoms with Gasteiger partial charge >= 0.3 is 12.0 Å². The summed E-state index contributed by atoms with van der Waals surface area (Å²) in [7, 11) is -3.78. The summed E-state index contributed by atoms with van der Waals surface area (Å²) in [5.74, 6) is -2.46. The summed E-state index contributed by atoms with van der Waals surface area (Å²) >= 11 is 0. The molecule has 0 aromatic heterocycles. The third-order valence-electron chi connectivity index (χ3n) is 4.47. The van der Waals surface area contributed by atoms with E-state index in [0.717, 1.165) is 12.1 Å². The van der Waals surface area contributed by atoms with E-state index >= 15 is 0 Å². The molecule has 160 valence electrons. The number of sulfonamides is 1. The van der Waals surface area contributed by atoms with Gasteiger partial charge in [0.1, 0.15) is 5.82 Å². The van der Waals surface area contributed by atoms with Crippen LogP contribution in [0.15, 0.2) is 29.2 Å². The van der Waals surface area contributed by atoms with Crippen LogP contribution in [0.4, 0.5) is 9.18 Å². The van der Waals surface area contributed by atoms with Crippen LogP contribution in [0.3, 0.4) is 0 Å². The number of piperidine rings is 1. The van der Waals surface area contributed by atoms with E-state index < -0.39 is 45.8 Å². The van der Waals surface area contributed by atoms with E-state index in [0.29, 0.717) is 6.54 Å². The highest BCUT2D eigenvalue weighted by atomic mass is 32.2. The Morgan fingerprint density at radius 3 is 2.34 bits per heavy atom. The summed E-state index contributed by atoms with van der Waals surface area (Å²) in [4.78, 5) is 35.4. The van der Waals surface area contributed by atoms with Gasteiger partial charge < -0.3 is 10.1 Å². The van der Waals surface area contributed by atoms with Gasteiger partial charge in [-0.3, -0.25) is 14.9 Å². The molecular formula is C18H24FN3O6S. The third kappa shape index (κ3) is 5.97. The van der Waals surface area contributed by atoms with E-state index in [-0.39, 0.29) is 30.8 Å². The van der Waals surface area contributed by atoms with Crippen molar-refractivity contribution < 1.29 is 31.9 Å². The molecule has 1 aliphatic rings. The Balaban J connectivity index is 1.88. The lowest BCUT2D eigenvalue weighted by Gasteiger charge is -2.30. The quantitative estimate of drug-likeness (QED) is 0.651. The number of nitrogens with one attached hydrogen (secondary N) is 2. The van der Waals surface area contributed by atoms with Gasteiger partial charge in [-0.15, -0.1) is 0 Å². The maximum absolute atomic E-state index is 13.0. The lowest BCUT2D eigenvalue weighted by atomic mass is 9.98. The first-order valence-corrected chi connectivity index (χ1v) is 10.6. The van der Waals surface area contributed by atoms with E-state index in [1.807, 2.05) is 0 Å². The van der Waals surface area contributed by atoms with Crippen molar-refractivity contribution in [3.63, 3.8) is 0 Å². The Kier molecular flexibility index (Phi) is 7.68. The predicted molar refractivity (Wildman–Crippen MR) is 101 cm³/mol. The summed E-state index contributed by atoms with van der Waals surface area (Å²) in [5.41, 5.74) is 0. The molecule has 0 saturated carbocycles. The van der Waals surface area contributed by atoms with E-state index in [2.05, 4.69) is 10.6 Å². The highest BCUT2D eigenvalue weighted by Gasteiger charge is 2.34. The number of esters is 1. The molecule has 2 rings (SSSR count). The molecule has 1 aromatic rings. The number of ether oxygens (including phenoxy) is 1. The third-order valence-corrected chi connectivity index (χ3v) is 6.39. The second-order valence-electron chi connectivity index (χ2n) is 6.56. The van der Waals surface area contributed by atoms with E-state index in [1.54, 1.807) is 6.92 Å². The fraction of sp³-hybridized carbons (Fsp3) is 0.500. The maximum atomic E-state index is 13.0. The highest BCUT2D eigenvalue weighted by Crippen LogP contribution is 2.25. The lowest BCUT2D eigenvalue weighted by molar-refractivity contribution is -0.159. The predicted octanol–water partition coefficient (Wildman–Crippen LogP) is 1.00. The summed E-state index contributed by atoms with van der Waals surface area (Å²) in [6.07, 6.45) is -0.709. The van der Waals surface area contributed by atoms with Crippen LogP contribution < -0.4 is 10.6 Å². The number of rotatable bonds is 6. The molecule has 1 aromatic carbocycles. The average Bonchev–Trinajstić information content (AvgIpc) is 2.68. The second-order valence-corrected chi connectivity index (χ2v) is 8.50. The zero-order chi connectivity index (χ0) is 21.6. The minimum absolute atomic E-state index is 0.0180. The van der Waals surface area contributed by atoms with Crippen LogP contribution in [-0.2, 0) is 24.3 Å². The molecule has 0 aliphatic carbocycles. The van der Waals surface area contributed by atoms with Crippen LogP contribution in [0.25, 0.3) is 0 Å². The molecule has 1 unspecified atom stereocenters. The number of halogens is 1. The van der Waals surface area contributed by atoms with Crippen LogP contribution >= 0.6 is 0 Å². The van der Waals surface area contributed by atoms with Crippen molar-refractivity contribution in [1.82, 2.24) is 14.9 Å². The molecular weight excluding hydrogens is 405 g/mol. The van der Waals surface area contributed by atoms with Gasteiger partial charge in [-0.05, 0) is 51.0 Å². The molecule has 29 heavy (non-hydrogen) atoms. The average molecular weight is 429 g/mol. The summed E-state index contributed by atoms with van der Waals surface area (Å²) < 4.78 is 44.5. The van der Waals surface area contributed by atoms with Crippen molar-refractivity contribution in [2.45, 2.75) is 37.7 Å². The highest BCUT2D eigenvalue weighted by molar-refractivity contribution is 7.89. The lowest BCUT2D eigenvalue weighted by Crippen LogP contribution is -2.46. The Morgan fingerprint density at radius 2 is 1.79 bits per heavy atom. The number of carbonyl (C=O) groups is 3. The maximum Gasteiger partial charge on any atom is 0.321 e. The van der Waals surface area contributed by atoms with Gasteiger partial charge in [0.2, 0.25) is 10.0 Å². The van der Waals surface area contributed by atoms with Crippen LogP contribution in [0.5, 0.6) is 0 Å². The zero-order valence-corrected chi connectivity index (χ0v) is 17.0. The largest absolute Gasteiger partial charge is 0.452 e. The molecule has 0 bridgehead atoms. The minimum atomic E-state index is -3.78. The van der Waals surface area contributed by atoms with Crippen molar-refractivity contribution in [2.75, 3.05) is 19.6 Å². The number of urea groups is 1. The normalized spacial score (nSPS) is 16.7. The fourth-order valence-electron chi connectivity index (χ4n) is 2.83. The first-order valence-electron chi connectivity index (χ1n) is 9.20. The molecule has 1 saturated heterocycles. The van der Waals surface area contributed by atoms with E-state index in [9.17, 15) is 27.2 Å². The number of benzene rings is 1. The topological polar surface area (TPSA) is 122 Å². The molecule has 2 N–H and O–H groups in total. The summed E-state index contributed by atoms with van der Waals surface area (Å²) in [6, 6.07) is 3.86. The van der Waals surface area contributed by atoms with Crippen molar-refractivity contribution in [3.05, 3.63) is 30.1 Å². The van der Waals surface area contributed by atoms with Gasteiger partial charge in [-0.25, -0.2) is 17.6 Å². The Morgan fingerprint density at radius 1 is 1.21 bits per heavy atom. The van der Waals surface area contributed by atoms with Gasteiger partial charge in [-0.2, -0.15) is 4.31 Å². The number of hydrogen-bond acceptors (Lipinski definition) is 6. The van der Waals surface area contributed by atoms with Crippen molar-refractivity contribution in [3.8, 4) is 0 Å². The molecule has 1 heterocycles. The Hall–Kier alpha value is -2.53. The van der Waals surface area contributed by atoms with Gasteiger partial charge in [0.15, 0.2) is 6.10 Å². The molecule has 1 fully saturated rings. The molecule has 1 atom stereocenters. The van der Waals surface area contributed by atoms with Crippen molar-refractivity contribution in [2.24, 2.45) is 5.92 Å². The summed E-state index contributed by atoms with van der Waals surface area (Å²) in [5, 5.41) is 4.45. The van der Waals surface area contributed by atoms with Gasteiger partial charge in [0.05, 0.1) is 10.8 Å². The smallest absolute Gasteiger partial charge is 0.321 e. The Bertz CT molecular complexity index is 851. The van der Waals surface area contributed by atoms with E-state index in [1.165, 1.54) is 23.4 Å². The minimum Gasteiger partial charge on any atom is -0.452 e. The summed E-state index contributed by atoms with van der Waals surface area (Å²) in [6.45, 7) is 3.57. The number of hydrogen-bond donors (Lipinski definition) is 2. The van der Waals surface area contributed by atoms with Gasteiger partial charge in [-0.1, -0.05) is 0 Å². The van der Waals surface area contributed by atoms with Crippen LogP contribution in [-0.4, -0.2) is 56.4 Å². The first kappa shape index (κ1) is 22.8. The molecule has 3 amide bonds. The van der Waals surface area contributed by atoms with Crippen LogP contribution in [0.2, 0.25) is 0 Å². The van der Waals surface area contributed by atoms with Gasteiger partial charge in [0.25, 0.3) is 5.91 Å². The molecule has 0 spiro atoms. The van der Waals surface area contributed by atoms with Gasteiger partial charge in [0, 0.05) is 19.6 Å². The molecule has 1 aliphatic heterocycles. The molecule has 11 heteroatoms. The standard InChI is InChI=1S/C18H24FN3O6S/c1-3-20-18(25)21-16(23)12(2)28-17(24)13-8-10-22(11-9-13)29(26,27)15-6-4-14(19)5-7-15/h4-7,12-13H,3,8-11H2,1-2H3,(H2,20,21,23,25). The number of amides is 3. The SMILES string of the molecule is CCNC(=O)NC(=O)C(C)OC(=O)C1CCN(S(=O)(=O)c2ccc(F)cc2)CC1.